The number of aliphatic imine (C=N–C) groups is 2. The molecule has 2 rings (SSSR count). The standard InChI is InChI=1S/C17H23N3S2/c1-5-11(3)9-19-17-15(18)12(4)16(22-17)20-10-14-8-7-13(6-2)21-14/h7-11H,5-6,18H2,1-4H3/b19-9+,20-10+. The van der Waals surface area contributed by atoms with Gasteiger partial charge >= 0.3 is 0 Å². The summed E-state index contributed by atoms with van der Waals surface area (Å²) in [4.78, 5) is 11.7. The van der Waals surface area contributed by atoms with E-state index < -0.39 is 0 Å². The summed E-state index contributed by atoms with van der Waals surface area (Å²) in [5.41, 5.74) is 7.92. The van der Waals surface area contributed by atoms with Crippen LogP contribution < -0.4 is 5.73 Å². The van der Waals surface area contributed by atoms with Gasteiger partial charge in [0.2, 0.25) is 0 Å². The molecule has 2 N–H and O–H groups in total. The number of hydrogen-bond acceptors (Lipinski definition) is 5. The molecule has 0 amide bonds. The van der Waals surface area contributed by atoms with Crippen molar-refractivity contribution in [2.24, 2.45) is 15.9 Å². The largest absolute Gasteiger partial charge is 0.396 e. The minimum absolute atomic E-state index is 0.465. The van der Waals surface area contributed by atoms with Crippen LogP contribution in [-0.4, -0.2) is 12.4 Å². The van der Waals surface area contributed by atoms with Crippen LogP contribution in [0.15, 0.2) is 22.1 Å². The van der Waals surface area contributed by atoms with Crippen molar-refractivity contribution in [1.82, 2.24) is 0 Å². The van der Waals surface area contributed by atoms with E-state index in [2.05, 4.69) is 42.9 Å². The van der Waals surface area contributed by atoms with E-state index in [1.807, 2.05) is 19.4 Å². The van der Waals surface area contributed by atoms with Crippen molar-refractivity contribution in [2.75, 3.05) is 5.73 Å². The van der Waals surface area contributed by atoms with Crippen LogP contribution in [0.1, 0.15) is 42.5 Å². The van der Waals surface area contributed by atoms with Crippen molar-refractivity contribution < 1.29 is 0 Å². The van der Waals surface area contributed by atoms with Crippen molar-refractivity contribution >= 4 is 50.8 Å². The Balaban J connectivity index is 2.19. The molecule has 2 aromatic rings. The van der Waals surface area contributed by atoms with Gasteiger partial charge in [-0.15, -0.1) is 11.3 Å². The highest BCUT2D eigenvalue weighted by atomic mass is 32.1. The normalized spacial score (nSPS) is 13.5. The average molecular weight is 334 g/mol. The van der Waals surface area contributed by atoms with Gasteiger partial charge in [0.15, 0.2) is 0 Å². The predicted molar refractivity (Wildman–Crippen MR) is 102 cm³/mol. The molecule has 0 aliphatic rings. The first-order valence-corrected chi connectivity index (χ1v) is 9.24. The summed E-state index contributed by atoms with van der Waals surface area (Å²) < 4.78 is 0. The van der Waals surface area contributed by atoms with Crippen LogP contribution in [0.3, 0.4) is 0 Å². The van der Waals surface area contributed by atoms with E-state index in [1.165, 1.54) is 9.75 Å². The lowest BCUT2D eigenvalue weighted by Gasteiger charge is -1.98. The Morgan fingerprint density at radius 3 is 2.59 bits per heavy atom. The molecule has 0 spiro atoms. The summed E-state index contributed by atoms with van der Waals surface area (Å²) in [6, 6.07) is 4.27. The third-order valence-corrected chi connectivity index (χ3v) is 5.87. The molecule has 0 fully saturated rings. The lowest BCUT2D eigenvalue weighted by Crippen LogP contribution is -1.91. The molecule has 22 heavy (non-hydrogen) atoms. The molecule has 0 radical (unpaired) electrons. The lowest BCUT2D eigenvalue weighted by atomic mass is 10.1. The summed E-state index contributed by atoms with van der Waals surface area (Å²) in [6.07, 6.45) is 6.04. The van der Waals surface area contributed by atoms with Crippen LogP contribution in [0.4, 0.5) is 15.7 Å². The second kappa shape index (κ2) is 7.70. The Labute approximate surface area is 140 Å². The molecular weight excluding hydrogens is 310 g/mol. The van der Waals surface area contributed by atoms with Crippen molar-refractivity contribution in [2.45, 2.75) is 40.5 Å². The second-order valence-corrected chi connectivity index (χ2v) is 7.51. The number of thiophene rings is 2. The molecule has 0 aromatic carbocycles. The quantitative estimate of drug-likeness (QED) is 0.671. The monoisotopic (exact) mass is 333 g/mol. The van der Waals surface area contributed by atoms with E-state index in [4.69, 9.17) is 5.73 Å². The van der Waals surface area contributed by atoms with E-state index in [-0.39, 0.29) is 0 Å². The molecule has 5 heteroatoms. The molecule has 118 valence electrons. The first kappa shape index (κ1) is 16.9. The SMILES string of the molecule is CCc1ccc(/C=N/c2sc(/N=C/C(C)CC)c(N)c2C)s1. The number of nitrogens with zero attached hydrogens (tertiary/aromatic N) is 2. The van der Waals surface area contributed by atoms with Gasteiger partial charge in [0.1, 0.15) is 10.0 Å². The Morgan fingerprint density at radius 1 is 1.18 bits per heavy atom. The van der Waals surface area contributed by atoms with Gasteiger partial charge in [-0.25, -0.2) is 9.98 Å². The van der Waals surface area contributed by atoms with Crippen molar-refractivity contribution in [3.8, 4) is 0 Å². The topological polar surface area (TPSA) is 50.7 Å². The molecule has 2 heterocycles. The van der Waals surface area contributed by atoms with Gasteiger partial charge in [-0.1, -0.05) is 32.1 Å². The highest BCUT2D eigenvalue weighted by Crippen LogP contribution is 2.43. The van der Waals surface area contributed by atoms with Crippen LogP contribution in [0.5, 0.6) is 0 Å². The maximum absolute atomic E-state index is 6.15. The van der Waals surface area contributed by atoms with E-state index >= 15 is 0 Å². The molecule has 0 saturated heterocycles. The summed E-state index contributed by atoms with van der Waals surface area (Å²) in [5.74, 6) is 0.465. The Kier molecular flexibility index (Phi) is 5.91. The summed E-state index contributed by atoms with van der Waals surface area (Å²) in [7, 11) is 0. The van der Waals surface area contributed by atoms with Gasteiger partial charge in [-0.3, -0.25) is 0 Å². The molecule has 0 bridgehead atoms. The van der Waals surface area contributed by atoms with E-state index in [0.717, 1.165) is 34.1 Å². The molecule has 1 unspecified atom stereocenters. The molecule has 3 nitrogen and oxygen atoms in total. The fourth-order valence-corrected chi connectivity index (χ4v) is 3.55. The van der Waals surface area contributed by atoms with E-state index in [1.54, 1.807) is 22.7 Å². The number of hydrogen-bond donors (Lipinski definition) is 1. The first-order valence-electron chi connectivity index (χ1n) is 7.60. The highest BCUT2D eigenvalue weighted by Gasteiger charge is 2.11. The zero-order valence-electron chi connectivity index (χ0n) is 13.6. The first-order chi connectivity index (χ1) is 10.5. The second-order valence-electron chi connectivity index (χ2n) is 5.33. The molecule has 1 atom stereocenters. The van der Waals surface area contributed by atoms with Gasteiger partial charge in [-0.2, -0.15) is 0 Å². The van der Waals surface area contributed by atoms with Gasteiger partial charge in [0.25, 0.3) is 0 Å². The van der Waals surface area contributed by atoms with Crippen molar-refractivity contribution in [3.05, 3.63) is 27.5 Å². The zero-order valence-corrected chi connectivity index (χ0v) is 15.2. The molecule has 0 saturated carbocycles. The van der Waals surface area contributed by atoms with Crippen molar-refractivity contribution in [3.63, 3.8) is 0 Å². The van der Waals surface area contributed by atoms with Crippen LogP contribution in [-0.2, 0) is 6.42 Å². The summed E-state index contributed by atoms with van der Waals surface area (Å²) in [5, 5.41) is 1.81. The number of nitrogen functional groups attached to an aromatic ring is 1. The Bertz CT molecular complexity index is 680. The number of rotatable bonds is 6. The number of aryl methyl sites for hydroxylation is 1. The fraction of sp³-hybridized carbons (Fsp3) is 0.412. The fourth-order valence-electron chi connectivity index (χ4n) is 1.79. The zero-order chi connectivity index (χ0) is 16.1. The van der Waals surface area contributed by atoms with E-state index in [0.29, 0.717) is 5.92 Å². The van der Waals surface area contributed by atoms with E-state index in [9.17, 15) is 0 Å². The Hall–Kier alpha value is -1.46. The van der Waals surface area contributed by atoms with Gasteiger partial charge in [0, 0.05) is 27.7 Å². The summed E-state index contributed by atoms with van der Waals surface area (Å²) >= 11 is 3.33. The third kappa shape index (κ3) is 4.05. The summed E-state index contributed by atoms with van der Waals surface area (Å²) in [6.45, 7) is 8.48. The smallest absolute Gasteiger partial charge is 0.140 e. The maximum atomic E-state index is 6.15. The number of anilines is 1. The van der Waals surface area contributed by atoms with Crippen molar-refractivity contribution in [1.29, 1.82) is 0 Å². The molecule has 2 aromatic heterocycles. The highest BCUT2D eigenvalue weighted by molar-refractivity contribution is 7.20. The molecule has 0 aliphatic heterocycles. The maximum Gasteiger partial charge on any atom is 0.140 e. The predicted octanol–water partition coefficient (Wildman–Crippen LogP) is 5.76. The number of nitrogens with two attached hydrogens (primary N) is 1. The third-order valence-electron chi connectivity index (χ3n) is 3.58. The lowest BCUT2D eigenvalue weighted by molar-refractivity contribution is 0.755. The average Bonchev–Trinajstić information content (AvgIpc) is 3.10. The minimum Gasteiger partial charge on any atom is -0.396 e. The van der Waals surface area contributed by atoms with Crippen LogP contribution in [0, 0.1) is 12.8 Å². The van der Waals surface area contributed by atoms with Gasteiger partial charge in [-0.05, 0) is 37.8 Å². The molecular formula is C17H23N3S2. The van der Waals surface area contributed by atoms with Crippen LogP contribution in [0.2, 0.25) is 0 Å². The minimum atomic E-state index is 0.465. The van der Waals surface area contributed by atoms with Crippen LogP contribution >= 0.6 is 22.7 Å². The Morgan fingerprint density at radius 2 is 1.95 bits per heavy atom. The van der Waals surface area contributed by atoms with Crippen LogP contribution in [0.25, 0.3) is 0 Å². The van der Waals surface area contributed by atoms with Gasteiger partial charge in [0.05, 0.1) is 5.69 Å². The van der Waals surface area contributed by atoms with Gasteiger partial charge < -0.3 is 5.73 Å². The molecule has 0 aliphatic carbocycles.